The number of hydrogen-bond donors (Lipinski definition) is 1. The van der Waals surface area contributed by atoms with Crippen LogP contribution in [0.1, 0.15) is 12.5 Å². The third-order valence-electron chi connectivity index (χ3n) is 2.25. The summed E-state index contributed by atoms with van der Waals surface area (Å²) >= 11 is 0. The highest BCUT2D eigenvalue weighted by atomic mass is 19.1. The minimum absolute atomic E-state index is 0.0319. The first kappa shape index (κ1) is 11.7. The van der Waals surface area contributed by atoms with E-state index in [0.29, 0.717) is 12.0 Å². The van der Waals surface area contributed by atoms with Crippen molar-refractivity contribution in [3.8, 4) is 5.75 Å². The molecular formula is C12H16FNO. The number of hydrogen-bond acceptors (Lipinski definition) is 2. The van der Waals surface area contributed by atoms with Crippen LogP contribution in [-0.2, 0) is 6.42 Å². The van der Waals surface area contributed by atoms with Gasteiger partial charge in [0.15, 0.2) is 0 Å². The number of methoxy groups -OCH3 is 1. The summed E-state index contributed by atoms with van der Waals surface area (Å²) in [5.74, 6) is 0.547. The number of nitrogens with two attached hydrogens (primary N) is 1. The van der Waals surface area contributed by atoms with Crippen molar-refractivity contribution < 1.29 is 9.13 Å². The van der Waals surface area contributed by atoms with Crippen molar-refractivity contribution in [1.82, 2.24) is 0 Å². The van der Waals surface area contributed by atoms with Gasteiger partial charge in [-0.1, -0.05) is 12.1 Å². The van der Waals surface area contributed by atoms with E-state index in [0.717, 1.165) is 11.3 Å². The minimum Gasteiger partial charge on any atom is -0.497 e. The number of benzene rings is 1. The zero-order chi connectivity index (χ0) is 11.3. The number of allylic oxidation sites excluding steroid dienone is 1. The third-order valence-corrected chi connectivity index (χ3v) is 2.25. The fourth-order valence-corrected chi connectivity index (χ4v) is 1.36. The molecule has 0 saturated carbocycles. The van der Waals surface area contributed by atoms with Crippen LogP contribution in [-0.4, -0.2) is 13.7 Å². The fourth-order valence-electron chi connectivity index (χ4n) is 1.36. The lowest BCUT2D eigenvalue weighted by Crippen LogP contribution is -2.02. The molecular weight excluding hydrogens is 193 g/mol. The van der Waals surface area contributed by atoms with E-state index < -0.39 is 0 Å². The van der Waals surface area contributed by atoms with Gasteiger partial charge in [-0.2, -0.15) is 0 Å². The summed E-state index contributed by atoms with van der Waals surface area (Å²) in [6, 6.07) is 7.59. The first-order chi connectivity index (χ1) is 7.17. The molecule has 0 aliphatic heterocycles. The quantitative estimate of drug-likeness (QED) is 0.826. The molecule has 0 unspecified atom stereocenters. The van der Waals surface area contributed by atoms with E-state index in [1.807, 2.05) is 24.3 Å². The smallest absolute Gasteiger partial charge is 0.119 e. The maximum atomic E-state index is 13.1. The minimum atomic E-state index is -0.238. The second kappa shape index (κ2) is 5.51. The summed E-state index contributed by atoms with van der Waals surface area (Å²) in [7, 11) is 1.61. The lowest BCUT2D eigenvalue weighted by atomic mass is 10.1. The molecule has 15 heavy (non-hydrogen) atoms. The maximum absolute atomic E-state index is 13.1. The van der Waals surface area contributed by atoms with Crippen molar-refractivity contribution in [2.24, 2.45) is 5.73 Å². The molecule has 0 atom stereocenters. The van der Waals surface area contributed by atoms with Gasteiger partial charge in [0.05, 0.1) is 7.11 Å². The highest BCUT2D eigenvalue weighted by molar-refractivity contribution is 5.31. The fraction of sp³-hybridized carbons (Fsp3) is 0.333. The number of halogens is 1. The molecule has 3 heteroatoms. The van der Waals surface area contributed by atoms with E-state index >= 15 is 0 Å². The standard InChI is InChI=1S/C12H16FNO/c1-9(12(13)8-14)6-10-4-3-5-11(7-10)15-2/h3-5,7H,6,8,14H2,1-2H3/b12-9-. The Hall–Kier alpha value is -1.35. The summed E-state index contributed by atoms with van der Waals surface area (Å²) in [4.78, 5) is 0. The lowest BCUT2D eigenvalue weighted by Gasteiger charge is -2.05. The van der Waals surface area contributed by atoms with Gasteiger partial charge in [0.2, 0.25) is 0 Å². The van der Waals surface area contributed by atoms with Crippen molar-refractivity contribution in [1.29, 1.82) is 0 Å². The molecule has 0 fully saturated rings. The highest BCUT2D eigenvalue weighted by Crippen LogP contribution is 2.17. The Bertz CT molecular complexity index is 360. The van der Waals surface area contributed by atoms with Crippen LogP contribution in [0.25, 0.3) is 0 Å². The molecule has 0 bridgehead atoms. The Morgan fingerprint density at radius 2 is 2.20 bits per heavy atom. The zero-order valence-electron chi connectivity index (χ0n) is 9.09. The van der Waals surface area contributed by atoms with Crippen molar-refractivity contribution in [2.45, 2.75) is 13.3 Å². The molecule has 0 heterocycles. The first-order valence-corrected chi connectivity index (χ1v) is 4.84. The molecule has 1 aromatic rings. The highest BCUT2D eigenvalue weighted by Gasteiger charge is 2.02. The first-order valence-electron chi connectivity index (χ1n) is 4.84. The van der Waals surface area contributed by atoms with Gasteiger partial charge in [-0.15, -0.1) is 0 Å². The third kappa shape index (κ3) is 3.36. The molecule has 82 valence electrons. The average molecular weight is 209 g/mol. The summed E-state index contributed by atoms with van der Waals surface area (Å²) in [6.07, 6.45) is 0.570. The van der Waals surface area contributed by atoms with Crippen LogP contribution < -0.4 is 10.5 Å². The van der Waals surface area contributed by atoms with Crippen LogP contribution in [0.4, 0.5) is 4.39 Å². The van der Waals surface area contributed by atoms with Gasteiger partial charge in [-0.05, 0) is 36.6 Å². The summed E-state index contributed by atoms with van der Waals surface area (Å²) in [5.41, 5.74) is 6.92. The molecule has 0 amide bonds. The molecule has 0 aliphatic carbocycles. The van der Waals surface area contributed by atoms with Crippen molar-refractivity contribution in [3.63, 3.8) is 0 Å². The predicted octanol–water partition coefficient (Wildman–Crippen LogP) is 2.44. The summed E-state index contributed by atoms with van der Waals surface area (Å²) in [6.45, 7) is 1.72. The van der Waals surface area contributed by atoms with Crippen LogP contribution in [0.2, 0.25) is 0 Å². The van der Waals surface area contributed by atoms with Gasteiger partial charge < -0.3 is 10.5 Å². The van der Waals surface area contributed by atoms with Gasteiger partial charge in [-0.25, -0.2) is 4.39 Å². The van der Waals surface area contributed by atoms with Gasteiger partial charge in [0.25, 0.3) is 0 Å². The monoisotopic (exact) mass is 209 g/mol. The molecule has 0 radical (unpaired) electrons. The van der Waals surface area contributed by atoms with E-state index in [1.165, 1.54) is 0 Å². The van der Waals surface area contributed by atoms with E-state index in [1.54, 1.807) is 14.0 Å². The molecule has 1 aromatic carbocycles. The van der Waals surface area contributed by atoms with Crippen LogP contribution >= 0.6 is 0 Å². The van der Waals surface area contributed by atoms with E-state index in [9.17, 15) is 4.39 Å². The van der Waals surface area contributed by atoms with E-state index in [4.69, 9.17) is 10.5 Å². The van der Waals surface area contributed by atoms with Gasteiger partial charge in [0.1, 0.15) is 11.6 Å². The number of rotatable bonds is 4. The largest absolute Gasteiger partial charge is 0.497 e. The van der Waals surface area contributed by atoms with Gasteiger partial charge in [0, 0.05) is 6.54 Å². The normalized spacial score (nSPS) is 12.3. The second-order valence-corrected chi connectivity index (χ2v) is 3.42. The summed E-state index contributed by atoms with van der Waals surface area (Å²) < 4.78 is 18.2. The zero-order valence-corrected chi connectivity index (χ0v) is 9.09. The molecule has 2 nitrogen and oxygen atoms in total. The Balaban J connectivity index is 2.81. The topological polar surface area (TPSA) is 35.2 Å². The Kier molecular flexibility index (Phi) is 4.31. The molecule has 0 spiro atoms. The predicted molar refractivity (Wildman–Crippen MR) is 59.6 cm³/mol. The van der Waals surface area contributed by atoms with Crippen molar-refractivity contribution >= 4 is 0 Å². The second-order valence-electron chi connectivity index (χ2n) is 3.42. The lowest BCUT2D eigenvalue weighted by molar-refractivity contribution is 0.414. The van der Waals surface area contributed by atoms with Crippen LogP contribution in [0.3, 0.4) is 0 Å². The number of ether oxygens (including phenoxy) is 1. The Morgan fingerprint density at radius 1 is 1.47 bits per heavy atom. The van der Waals surface area contributed by atoms with Crippen molar-refractivity contribution in [2.75, 3.05) is 13.7 Å². The molecule has 2 N–H and O–H groups in total. The van der Waals surface area contributed by atoms with Crippen molar-refractivity contribution in [3.05, 3.63) is 41.2 Å². The SMILES string of the molecule is COc1cccc(C/C(C)=C(\F)CN)c1. The Labute approximate surface area is 89.6 Å². The molecule has 1 rings (SSSR count). The van der Waals surface area contributed by atoms with Crippen LogP contribution in [0.15, 0.2) is 35.7 Å². The Morgan fingerprint density at radius 3 is 2.80 bits per heavy atom. The molecule has 0 saturated heterocycles. The van der Waals surface area contributed by atoms with E-state index in [2.05, 4.69) is 0 Å². The molecule has 0 aromatic heterocycles. The van der Waals surface area contributed by atoms with Gasteiger partial charge >= 0.3 is 0 Å². The molecule has 0 aliphatic rings. The maximum Gasteiger partial charge on any atom is 0.119 e. The van der Waals surface area contributed by atoms with Gasteiger partial charge in [-0.3, -0.25) is 0 Å². The summed E-state index contributed by atoms with van der Waals surface area (Å²) in [5, 5.41) is 0. The van der Waals surface area contributed by atoms with E-state index in [-0.39, 0.29) is 12.4 Å². The van der Waals surface area contributed by atoms with Crippen LogP contribution in [0, 0.1) is 0 Å². The average Bonchev–Trinajstić information content (AvgIpc) is 2.28. The van der Waals surface area contributed by atoms with Crippen LogP contribution in [0.5, 0.6) is 5.75 Å².